The van der Waals surface area contributed by atoms with Crippen LogP contribution in [0.25, 0.3) is 0 Å². The van der Waals surface area contributed by atoms with E-state index in [4.69, 9.17) is 0 Å². The molecule has 0 aliphatic heterocycles. The monoisotopic (exact) mass is 330 g/mol. The van der Waals surface area contributed by atoms with Crippen molar-refractivity contribution >= 4 is 16.9 Å². The molecule has 1 aromatic rings. The molecule has 1 aromatic carbocycles. The van der Waals surface area contributed by atoms with Crippen LogP contribution in [0.15, 0.2) is 30.3 Å². The van der Waals surface area contributed by atoms with E-state index in [0.717, 1.165) is 11.8 Å². The Bertz CT molecular complexity index is 459. The van der Waals surface area contributed by atoms with Gasteiger partial charge >= 0.3 is 12.1 Å². The third-order valence-electron chi connectivity index (χ3n) is 2.62. The van der Waals surface area contributed by atoms with Crippen LogP contribution in [0.5, 0.6) is 0 Å². The minimum Gasteiger partial charge on any atom is -0.282 e. The minimum atomic E-state index is -5.90. The molecule has 0 fully saturated rings. The Morgan fingerprint density at radius 1 is 1.10 bits per heavy atom. The second-order valence-corrected chi connectivity index (χ2v) is 5.30. The quantitative estimate of drug-likeness (QED) is 0.546. The normalized spacial score (nSPS) is 14.0. The smallest absolute Gasteiger partial charge is 0.282 e. The van der Waals surface area contributed by atoms with Gasteiger partial charge in [-0.25, -0.2) is 4.39 Å². The van der Waals surface area contributed by atoms with Gasteiger partial charge in [0, 0.05) is 11.3 Å². The van der Waals surface area contributed by atoms with Crippen LogP contribution >= 0.6 is 11.8 Å². The lowest BCUT2D eigenvalue weighted by molar-refractivity contribution is -0.303. The van der Waals surface area contributed by atoms with Crippen LogP contribution in [0.2, 0.25) is 0 Å². The highest BCUT2D eigenvalue weighted by molar-refractivity contribution is 8.14. The summed E-state index contributed by atoms with van der Waals surface area (Å²) in [6.07, 6.45) is -10.4. The molecule has 0 N–H and O–H groups in total. The van der Waals surface area contributed by atoms with Crippen molar-refractivity contribution in [3.05, 3.63) is 35.9 Å². The van der Waals surface area contributed by atoms with Gasteiger partial charge < -0.3 is 0 Å². The predicted molar refractivity (Wildman–Crippen MR) is 68.4 cm³/mol. The van der Waals surface area contributed by atoms with Gasteiger partial charge in [-0.05, 0) is 12.8 Å². The summed E-state index contributed by atoms with van der Waals surface area (Å²) in [6, 6.07) is 8.06. The first-order valence-corrected chi connectivity index (χ1v) is 6.95. The van der Waals surface area contributed by atoms with E-state index in [1.54, 1.807) is 30.3 Å². The van der Waals surface area contributed by atoms with Crippen molar-refractivity contribution in [3.63, 3.8) is 0 Å². The van der Waals surface area contributed by atoms with Gasteiger partial charge in [0.1, 0.15) is 0 Å². The van der Waals surface area contributed by atoms with Crippen molar-refractivity contribution in [2.24, 2.45) is 0 Å². The maximum Gasteiger partial charge on any atom is 0.456 e. The second-order valence-electron chi connectivity index (χ2n) is 4.23. The van der Waals surface area contributed by atoms with Crippen LogP contribution in [0.3, 0.4) is 0 Å². The maximum atomic E-state index is 13.0. The van der Waals surface area contributed by atoms with Gasteiger partial charge in [0.15, 0.2) is 6.17 Å². The molecule has 118 valence electrons. The molecule has 0 amide bonds. The van der Waals surface area contributed by atoms with E-state index < -0.39 is 24.7 Å². The molecule has 1 rings (SSSR count). The molecule has 1 atom stereocenters. The summed E-state index contributed by atoms with van der Waals surface area (Å²) in [6.45, 7) is 0. The average molecular weight is 330 g/mol. The number of hydrogen-bond acceptors (Lipinski definition) is 2. The van der Waals surface area contributed by atoms with Crippen LogP contribution < -0.4 is 0 Å². The highest BCUT2D eigenvalue weighted by atomic mass is 32.2. The highest BCUT2D eigenvalue weighted by Crippen LogP contribution is 2.40. The van der Waals surface area contributed by atoms with E-state index >= 15 is 0 Å². The Labute approximate surface area is 121 Å². The topological polar surface area (TPSA) is 17.1 Å². The summed E-state index contributed by atoms with van der Waals surface area (Å²) in [4.78, 5) is 11.6. The van der Waals surface area contributed by atoms with Crippen molar-refractivity contribution in [3.8, 4) is 0 Å². The molecule has 0 radical (unpaired) electrons. The molecule has 0 saturated heterocycles. The van der Waals surface area contributed by atoms with E-state index in [9.17, 15) is 31.1 Å². The lowest BCUT2D eigenvalue weighted by atomic mass is 10.1. The fraction of sp³-hybridized carbons (Fsp3) is 0.462. The van der Waals surface area contributed by atoms with E-state index in [-0.39, 0.29) is 17.3 Å². The molecule has 1 nitrogen and oxygen atoms in total. The zero-order valence-electron chi connectivity index (χ0n) is 10.7. The van der Waals surface area contributed by atoms with Gasteiger partial charge in [-0.2, -0.15) is 22.0 Å². The second kappa shape index (κ2) is 7.20. The van der Waals surface area contributed by atoms with Crippen LogP contribution in [0.4, 0.5) is 26.3 Å². The first-order chi connectivity index (χ1) is 9.66. The molecule has 0 spiro atoms. The largest absolute Gasteiger partial charge is 0.456 e. The van der Waals surface area contributed by atoms with Gasteiger partial charge in [-0.15, -0.1) is 0 Å². The van der Waals surface area contributed by atoms with Crippen molar-refractivity contribution < 1.29 is 31.1 Å². The van der Waals surface area contributed by atoms with Gasteiger partial charge in [0.05, 0.1) is 0 Å². The number of thioether (sulfide) groups is 1. The summed E-state index contributed by atoms with van der Waals surface area (Å²) >= 11 is 0.758. The molecule has 0 aliphatic rings. The Kier molecular flexibility index (Phi) is 6.12. The zero-order valence-corrected chi connectivity index (χ0v) is 11.5. The number of carbonyl (C=O) groups excluding carboxylic acids is 1. The van der Waals surface area contributed by atoms with Gasteiger partial charge in [0.2, 0.25) is 5.12 Å². The van der Waals surface area contributed by atoms with E-state index in [2.05, 4.69) is 0 Å². The van der Waals surface area contributed by atoms with Gasteiger partial charge in [0.25, 0.3) is 0 Å². The van der Waals surface area contributed by atoms with Crippen LogP contribution in [0.1, 0.15) is 23.2 Å². The molecule has 0 aliphatic carbocycles. The number of alkyl halides is 6. The summed E-state index contributed by atoms with van der Waals surface area (Å²) in [5, 5.41) is -0.339. The van der Waals surface area contributed by atoms with Gasteiger partial charge in [-0.3, -0.25) is 4.79 Å². The van der Waals surface area contributed by atoms with Crippen molar-refractivity contribution in [2.45, 2.75) is 31.1 Å². The van der Waals surface area contributed by atoms with Crippen molar-refractivity contribution in [2.75, 3.05) is 5.75 Å². The molecule has 0 heterocycles. The Hall–Kier alpha value is -1.18. The molecule has 0 saturated carbocycles. The third-order valence-corrected chi connectivity index (χ3v) is 3.61. The molecule has 1 unspecified atom stereocenters. The summed E-state index contributed by atoms with van der Waals surface area (Å²) in [7, 11) is 0. The molecular weight excluding hydrogens is 318 g/mol. The lowest BCUT2D eigenvalue weighted by Crippen LogP contribution is -2.44. The van der Waals surface area contributed by atoms with Crippen LogP contribution in [-0.2, 0) is 0 Å². The van der Waals surface area contributed by atoms with Crippen molar-refractivity contribution in [1.82, 2.24) is 0 Å². The van der Waals surface area contributed by atoms with E-state index in [0.29, 0.717) is 5.56 Å². The number of benzene rings is 1. The molecule has 21 heavy (non-hydrogen) atoms. The van der Waals surface area contributed by atoms with E-state index in [1.165, 1.54) is 0 Å². The first-order valence-electron chi connectivity index (χ1n) is 5.97. The predicted octanol–water partition coefficient (Wildman–Crippen LogP) is 4.88. The number of rotatable bonds is 6. The first kappa shape index (κ1) is 17.9. The number of hydrogen-bond donors (Lipinski definition) is 0. The third kappa shape index (κ3) is 4.94. The van der Waals surface area contributed by atoms with Crippen molar-refractivity contribution in [1.29, 1.82) is 0 Å². The highest BCUT2D eigenvalue weighted by Gasteiger charge is 2.62. The zero-order chi connectivity index (χ0) is 16.1. The SMILES string of the molecule is O=C(SCCCC(F)C(F)(F)C(F)(F)F)c1ccccc1. The fourth-order valence-corrected chi connectivity index (χ4v) is 2.24. The lowest BCUT2D eigenvalue weighted by Gasteiger charge is -2.22. The molecule has 8 heteroatoms. The Balaban J connectivity index is 2.36. The number of halogens is 6. The number of carbonyl (C=O) groups is 1. The molecular formula is C13H12F6OS. The fourth-order valence-electron chi connectivity index (χ4n) is 1.44. The molecule has 0 bridgehead atoms. The summed E-state index contributed by atoms with van der Waals surface area (Å²) in [5.41, 5.74) is 0.389. The minimum absolute atomic E-state index is 0.0257. The van der Waals surface area contributed by atoms with Gasteiger partial charge in [-0.1, -0.05) is 42.1 Å². The summed E-state index contributed by atoms with van der Waals surface area (Å²) < 4.78 is 73.8. The Morgan fingerprint density at radius 3 is 2.19 bits per heavy atom. The van der Waals surface area contributed by atoms with Crippen LogP contribution in [0, 0.1) is 0 Å². The van der Waals surface area contributed by atoms with Crippen LogP contribution in [-0.4, -0.2) is 29.1 Å². The summed E-state index contributed by atoms with van der Waals surface area (Å²) in [5.74, 6) is -5.39. The Morgan fingerprint density at radius 2 is 1.67 bits per heavy atom. The standard InChI is InChI=1S/C13H12F6OS/c14-10(12(15,16)13(17,18)19)7-4-8-21-11(20)9-5-2-1-3-6-9/h1-3,5-6,10H,4,7-8H2. The molecule has 0 aromatic heterocycles. The average Bonchev–Trinajstić information content (AvgIpc) is 2.42. The van der Waals surface area contributed by atoms with E-state index in [1.807, 2.05) is 0 Å². The maximum absolute atomic E-state index is 13.0.